The molecule has 119 heavy (non-hydrogen) atoms. The van der Waals surface area contributed by atoms with Crippen LogP contribution in [0.1, 0.15) is 41.6 Å². The highest BCUT2D eigenvalue weighted by Gasteiger charge is 2.31. The lowest BCUT2D eigenvalue weighted by molar-refractivity contribution is 0.122. The Morgan fingerprint density at radius 2 is 0.748 bits per heavy atom. The first-order valence-corrected chi connectivity index (χ1v) is 39.2. The average Bonchev–Trinajstić information content (AvgIpc) is 1.67. The number of ether oxygens (including phenoxy) is 7. The summed E-state index contributed by atoms with van der Waals surface area (Å²) in [6.45, 7) is 14.8. The van der Waals surface area contributed by atoms with Crippen molar-refractivity contribution in [2.45, 2.75) is 44.7 Å². The molecule has 2 atom stereocenters. The van der Waals surface area contributed by atoms with Crippen LogP contribution in [0.15, 0.2) is 142 Å². The van der Waals surface area contributed by atoms with E-state index in [-0.39, 0.29) is 12.8 Å². The SMILES string of the molecule is Cc1cccc(-n2cnc3c(-c4cnc(N)cn4)nc(N4CCOCC4)nc32)c1.Nc1cnc(-c2nc(N3CCOCC3)nc3c2ncn3-c2ccc3c(c2)OCO3)cn1.Nc1cnc(-c2nc(N3CCOCC3)nc3c2ncn3C2CCOC2)cn1.Nc1cnc(-c2nc(N3CCOCC3)nc3c2ncn3C2CCc3ccccc3C2)cn1. The second kappa shape index (κ2) is 33.3. The first kappa shape index (κ1) is 75.0. The van der Waals surface area contributed by atoms with Crippen LogP contribution >= 0.6 is 0 Å². The number of aryl methyl sites for hydroxylation is 2. The molecule has 15 aromatic rings. The molecular weight excluding hydrogens is 1520 g/mol. The molecule has 18 heterocycles. The minimum atomic E-state index is 0.215. The van der Waals surface area contributed by atoms with Crippen molar-refractivity contribution in [1.29, 1.82) is 0 Å². The van der Waals surface area contributed by atoms with Gasteiger partial charge in [0.05, 0.1) is 133 Å². The first-order chi connectivity index (χ1) is 58.5. The number of nitrogen functional groups attached to an aromatic ring is 4. The highest BCUT2D eigenvalue weighted by Crippen LogP contribution is 2.39. The molecular formula is C80H82N32O7. The lowest BCUT2D eigenvalue weighted by Crippen LogP contribution is -2.37. The maximum atomic E-state index is 5.76. The molecule has 0 radical (unpaired) electrons. The number of hydrogen-bond acceptors (Lipinski definition) is 35. The van der Waals surface area contributed by atoms with E-state index in [1.807, 2.05) is 52.1 Å². The number of imidazole rings is 4. The fraction of sp³-hybridized carbons (Fsp3) is 0.325. The van der Waals surface area contributed by atoms with Crippen molar-refractivity contribution in [2.24, 2.45) is 0 Å². The molecule has 2 unspecified atom stereocenters. The van der Waals surface area contributed by atoms with Crippen LogP contribution in [-0.4, -0.2) is 243 Å². The Labute approximate surface area is 678 Å². The van der Waals surface area contributed by atoms with Crippen LogP contribution in [0.5, 0.6) is 11.5 Å². The fourth-order valence-electron chi connectivity index (χ4n) is 15.1. The van der Waals surface area contributed by atoms with Crippen LogP contribution in [0, 0.1) is 6.92 Å². The van der Waals surface area contributed by atoms with Gasteiger partial charge in [-0.15, -0.1) is 0 Å². The summed E-state index contributed by atoms with van der Waals surface area (Å²) in [6.07, 6.45) is 23.8. The third kappa shape index (κ3) is 15.8. The topological polar surface area (TPSA) is 459 Å². The van der Waals surface area contributed by atoms with E-state index in [0.717, 1.165) is 117 Å². The van der Waals surface area contributed by atoms with Crippen molar-refractivity contribution in [3.8, 4) is 68.4 Å². The van der Waals surface area contributed by atoms with Gasteiger partial charge in [-0.05, 0) is 73.6 Å². The quantitative estimate of drug-likeness (QED) is 0.101. The summed E-state index contributed by atoms with van der Waals surface area (Å²) in [5, 5.41) is 0. The Hall–Kier alpha value is -14.0. The molecule has 0 saturated carbocycles. The summed E-state index contributed by atoms with van der Waals surface area (Å²) in [6, 6.07) is 23.2. The number of fused-ring (bicyclic) bond motifs is 6. The Balaban J connectivity index is 0.000000105. The molecule has 1 aliphatic carbocycles. The van der Waals surface area contributed by atoms with E-state index in [4.69, 9.17) is 101 Å². The summed E-state index contributed by atoms with van der Waals surface area (Å²) in [5.74, 6) is 5.39. The largest absolute Gasteiger partial charge is 0.454 e. The Morgan fingerprint density at radius 1 is 0.345 bits per heavy atom. The van der Waals surface area contributed by atoms with Crippen LogP contribution in [0.2, 0.25) is 0 Å². The lowest BCUT2D eigenvalue weighted by atomic mass is 9.88. The van der Waals surface area contributed by atoms with Crippen LogP contribution in [-0.2, 0) is 36.5 Å². The van der Waals surface area contributed by atoms with E-state index in [0.29, 0.717) is 199 Å². The molecule has 604 valence electrons. The molecule has 39 nitrogen and oxygen atoms in total. The Bertz CT molecular complexity index is 6120. The molecule has 7 aliphatic rings. The van der Waals surface area contributed by atoms with Gasteiger partial charge in [-0.3, -0.25) is 9.13 Å². The zero-order valence-corrected chi connectivity index (χ0v) is 64.9. The van der Waals surface area contributed by atoms with Crippen molar-refractivity contribution in [3.63, 3.8) is 0 Å². The number of morpholine rings is 4. The molecule has 39 heteroatoms. The smallest absolute Gasteiger partial charge is 0.231 e. The number of nitrogens with zero attached hydrogens (tertiary/aromatic N) is 28. The zero-order valence-electron chi connectivity index (χ0n) is 64.9. The number of benzene rings is 3. The molecule has 12 aromatic heterocycles. The summed E-state index contributed by atoms with van der Waals surface area (Å²) < 4.78 is 46.6. The molecule has 6 aliphatic heterocycles. The van der Waals surface area contributed by atoms with Crippen molar-refractivity contribution < 1.29 is 33.2 Å². The predicted molar refractivity (Wildman–Crippen MR) is 441 cm³/mol. The van der Waals surface area contributed by atoms with Crippen LogP contribution < -0.4 is 52.0 Å². The van der Waals surface area contributed by atoms with Crippen LogP contribution in [0.25, 0.3) is 102 Å². The minimum Gasteiger partial charge on any atom is -0.454 e. The Morgan fingerprint density at radius 3 is 1.17 bits per heavy atom. The number of nitrogens with two attached hydrogens (primary N) is 4. The van der Waals surface area contributed by atoms with E-state index in [9.17, 15) is 0 Å². The monoisotopic (exact) mass is 1600 g/mol. The van der Waals surface area contributed by atoms with E-state index < -0.39 is 0 Å². The van der Waals surface area contributed by atoms with Gasteiger partial charge in [-0.25, -0.2) is 79.7 Å². The van der Waals surface area contributed by atoms with Gasteiger partial charge in [0.2, 0.25) is 30.6 Å². The molecule has 0 bridgehead atoms. The molecule has 8 N–H and O–H groups in total. The highest BCUT2D eigenvalue weighted by atomic mass is 16.7. The van der Waals surface area contributed by atoms with Gasteiger partial charge in [0.25, 0.3) is 0 Å². The average molecular weight is 1600 g/mol. The minimum absolute atomic E-state index is 0.215. The standard InChI is InChI=1S/C23H24N8O.C20H18N8O3.C20H20N8O.C17H20N8O2/c24-19-13-25-18(12-26-19)20-21-22(29-23(28-20)30-7-9-32-10-8-30)31(14-27-21)17-6-5-15-3-1-2-4-16(15)11-17;21-16-9-22-13(8-23-16)17-18-19(26-20(25-17)27-3-5-29-6-4-27)28(10-24-18)12-1-2-14-15(7-12)31-11-30-14;1-13-3-2-4-14(9-13)28-12-24-18-17(15-10-23-16(21)11-22-15)25-20(26-19(18)28)27-5-7-29-8-6-27;18-13-8-19-12(7-20-13)14-15-16(25(10-21-15)11-1-4-27-9-11)23-17(22-14)24-2-5-26-6-3-24/h1-4,12-14,17H,5-11H2,(H2,24,26);1-2,7-10H,3-6,11H2,(H2,21,23);2-4,9-12H,5-8H2,1H3,(H2,21,23);7-8,10-11H,1-6,9H2,(H2,18,20). The fourth-order valence-corrected chi connectivity index (χ4v) is 15.1. The van der Waals surface area contributed by atoms with Crippen molar-refractivity contribution in [3.05, 3.63) is 158 Å². The van der Waals surface area contributed by atoms with Gasteiger partial charge in [-0.1, -0.05) is 36.4 Å². The van der Waals surface area contributed by atoms with Gasteiger partial charge in [0, 0.05) is 76.8 Å². The van der Waals surface area contributed by atoms with Crippen LogP contribution in [0.4, 0.5) is 47.1 Å². The second-order valence-electron chi connectivity index (χ2n) is 29.0. The van der Waals surface area contributed by atoms with Gasteiger partial charge >= 0.3 is 0 Å². The normalized spacial score (nSPS) is 17.2. The maximum Gasteiger partial charge on any atom is 0.231 e. The van der Waals surface area contributed by atoms with Crippen molar-refractivity contribution >= 4 is 91.7 Å². The van der Waals surface area contributed by atoms with E-state index in [1.165, 1.54) is 29.7 Å². The van der Waals surface area contributed by atoms with Crippen molar-refractivity contribution in [1.82, 2.24) is 118 Å². The second-order valence-corrected chi connectivity index (χ2v) is 29.0. The Kier molecular flexibility index (Phi) is 21.0. The number of anilines is 8. The lowest BCUT2D eigenvalue weighted by Gasteiger charge is -2.28. The number of hydrogen-bond donors (Lipinski definition) is 4. The van der Waals surface area contributed by atoms with E-state index in [1.54, 1.807) is 43.6 Å². The zero-order chi connectivity index (χ0) is 80.3. The van der Waals surface area contributed by atoms with Gasteiger partial charge in [-0.2, -0.15) is 19.9 Å². The molecule has 5 fully saturated rings. The third-order valence-corrected chi connectivity index (χ3v) is 21.3. The molecule has 22 rings (SSSR count). The third-order valence-electron chi connectivity index (χ3n) is 21.3. The molecule has 0 amide bonds. The van der Waals surface area contributed by atoms with Gasteiger partial charge < -0.3 is 84.8 Å². The summed E-state index contributed by atoms with van der Waals surface area (Å²) in [4.78, 5) is 100. The number of aromatic nitrogens is 24. The van der Waals surface area contributed by atoms with E-state index in [2.05, 4.69) is 127 Å². The molecule has 0 spiro atoms. The summed E-state index contributed by atoms with van der Waals surface area (Å²) >= 11 is 0. The summed E-state index contributed by atoms with van der Waals surface area (Å²) in [5.41, 5.74) is 39.5. The first-order valence-electron chi connectivity index (χ1n) is 39.2. The van der Waals surface area contributed by atoms with Gasteiger partial charge in [0.1, 0.15) is 104 Å². The molecule has 5 saturated heterocycles. The van der Waals surface area contributed by atoms with Crippen molar-refractivity contribution in [2.75, 3.05) is 168 Å². The van der Waals surface area contributed by atoms with Gasteiger partial charge in [0.15, 0.2) is 34.1 Å². The predicted octanol–water partition coefficient (Wildman–Crippen LogP) is 6.52. The maximum absolute atomic E-state index is 5.76. The van der Waals surface area contributed by atoms with Crippen LogP contribution in [0.3, 0.4) is 0 Å². The summed E-state index contributed by atoms with van der Waals surface area (Å²) in [7, 11) is 0. The molecule has 3 aromatic carbocycles. The highest BCUT2D eigenvalue weighted by molar-refractivity contribution is 5.91. The number of rotatable bonds is 12. The van der Waals surface area contributed by atoms with E-state index >= 15 is 0 Å².